The number of hydrogen-bond acceptors (Lipinski definition) is 4. The van der Waals surface area contributed by atoms with Gasteiger partial charge in [0.05, 0.1) is 6.42 Å². The molecule has 126 valence electrons. The number of carbonyl (C=O) groups is 4. The predicted molar refractivity (Wildman–Crippen MR) is 89.8 cm³/mol. The Bertz CT molecular complexity index is 863. The third-order valence-corrected chi connectivity index (χ3v) is 4.31. The fourth-order valence-corrected chi connectivity index (χ4v) is 3.24. The van der Waals surface area contributed by atoms with Crippen LogP contribution in [-0.2, 0) is 15.0 Å². The fraction of sp³-hybridized carbons (Fsp3) is 0.158. The summed E-state index contributed by atoms with van der Waals surface area (Å²) in [5.74, 6) is -2.51. The Hall–Kier alpha value is -3.28. The number of hydrogen-bond donors (Lipinski definition) is 2. The summed E-state index contributed by atoms with van der Waals surface area (Å²) in [6, 6.07) is 12.5. The van der Waals surface area contributed by atoms with E-state index in [1.165, 1.54) is 31.2 Å². The molecule has 2 N–H and O–H groups in total. The number of carbonyl (C=O) groups excluding carboxylic acids is 3. The van der Waals surface area contributed by atoms with Crippen molar-refractivity contribution < 1.29 is 24.3 Å². The van der Waals surface area contributed by atoms with Crippen molar-refractivity contribution in [2.24, 2.45) is 0 Å². The minimum absolute atomic E-state index is 0.236. The number of Topliss-reactive ketones (excluding diaryl/α,β-unsaturated/α-hetero) is 2. The summed E-state index contributed by atoms with van der Waals surface area (Å²) in [6.07, 6.45) is -0.626. The molecule has 6 heteroatoms. The standard InChI is InChI=1S/C19H15NO5/c1-11(21)20-13-8-6-12(7-9-13)19(10-16(22)23)17(24)14-4-2-3-5-15(14)18(19)25/h2-9H,10H2,1H3,(H,20,21)(H,22,23). The van der Waals surface area contributed by atoms with Crippen molar-refractivity contribution in [3.05, 3.63) is 65.2 Å². The topological polar surface area (TPSA) is 101 Å². The van der Waals surface area contributed by atoms with E-state index in [2.05, 4.69) is 5.32 Å². The summed E-state index contributed by atoms with van der Waals surface area (Å²) < 4.78 is 0. The lowest BCUT2D eigenvalue weighted by Gasteiger charge is -2.24. The quantitative estimate of drug-likeness (QED) is 0.835. The third-order valence-electron chi connectivity index (χ3n) is 4.31. The monoisotopic (exact) mass is 337 g/mol. The van der Waals surface area contributed by atoms with Crippen LogP contribution >= 0.6 is 0 Å². The molecule has 1 aliphatic carbocycles. The van der Waals surface area contributed by atoms with Gasteiger partial charge in [0.1, 0.15) is 5.41 Å². The lowest BCUT2D eigenvalue weighted by atomic mass is 9.73. The first kappa shape index (κ1) is 16.6. The van der Waals surface area contributed by atoms with Crippen molar-refractivity contribution in [1.82, 2.24) is 0 Å². The van der Waals surface area contributed by atoms with Crippen molar-refractivity contribution in [2.75, 3.05) is 5.32 Å². The van der Waals surface area contributed by atoms with Gasteiger partial charge < -0.3 is 10.4 Å². The first-order chi connectivity index (χ1) is 11.9. The first-order valence-electron chi connectivity index (χ1n) is 7.65. The van der Waals surface area contributed by atoms with E-state index < -0.39 is 29.4 Å². The van der Waals surface area contributed by atoms with E-state index in [9.17, 15) is 24.3 Å². The molecule has 2 aromatic carbocycles. The Labute approximate surface area is 143 Å². The predicted octanol–water partition coefficient (Wildman–Crippen LogP) is 2.44. The second-order valence-electron chi connectivity index (χ2n) is 5.94. The van der Waals surface area contributed by atoms with Crippen LogP contribution in [0.3, 0.4) is 0 Å². The number of benzene rings is 2. The molecule has 3 rings (SSSR count). The smallest absolute Gasteiger partial charge is 0.305 e. The zero-order valence-electron chi connectivity index (χ0n) is 13.4. The molecule has 0 spiro atoms. The number of fused-ring (bicyclic) bond motifs is 1. The average Bonchev–Trinajstić information content (AvgIpc) is 2.78. The van der Waals surface area contributed by atoms with Gasteiger partial charge >= 0.3 is 5.97 Å². The molecule has 1 aliphatic rings. The van der Waals surface area contributed by atoms with Crippen LogP contribution in [0.4, 0.5) is 5.69 Å². The molecule has 6 nitrogen and oxygen atoms in total. The first-order valence-corrected chi connectivity index (χ1v) is 7.65. The number of nitrogens with one attached hydrogen (secondary N) is 1. The number of amides is 1. The molecule has 0 aliphatic heterocycles. The van der Waals surface area contributed by atoms with Gasteiger partial charge in [0, 0.05) is 23.7 Å². The number of anilines is 1. The van der Waals surface area contributed by atoms with Crippen LogP contribution < -0.4 is 5.32 Å². The highest BCUT2D eigenvalue weighted by molar-refractivity contribution is 6.34. The summed E-state index contributed by atoms with van der Waals surface area (Å²) in [4.78, 5) is 48.5. The van der Waals surface area contributed by atoms with Gasteiger partial charge in [-0.2, -0.15) is 0 Å². The van der Waals surface area contributed by atoms with Crippen LogP contribution in [0.5, 0.6) is 0 Å². The maximum atomic E-state index is 13.0. The Kier molecular flexibility index (Phi) is 3.96. The number of rotatable bonds is 4. The summed E-state index contributed by atoms with van der Waals surface area (Å²) in [7, 11) is 0. The number of carboxylic acid groups (broad SMARTS) is 1. The molecule has 0 heterocycles. The van der Waals surface area contributed by atoms with Gasteiger partial charge in [0.25, 0.3) is 0 Å². The third kappa shape index (κ3) is 2.61. The molecular weight excluding hydrogens is 322 g/mol. The molecule has 2 aromatic rings. The van der Waals surface area contributed by atoms with E-state index in [0.29, 0.717) is 11.3 Å². The zero-order chi connectivity index (χ0) is 18.2. The van der Waals surface area contributed by atoms with Gasteiger partial charge in [-0.1, -0.05) is 36.4 Å². The van der Waals surface area contributed by atoms with Gasteiger partial charge in [-0.25, -0.2) is 0 Å². The molecule has 0 aromatic heterocycles. The largest absolute Gasteiger partial charge is 0.481 e. The molecule has 0 saturated heterocycles. The Balaban J connectivity index is 2.13. The lowest BCUT2D eigenvalue weighted by Crippen LogP contribution is -2.40. The second-order valence-corrected chi connectivity index (χ2v) is 5.94. The number of aliphatic carboxylic acids is 1. The number of ketones is 2. The molecular formula is C19H15NO5. The van der Waals surface area contributed by atoms with E-state index in [1.54, 1.807) is 24.3 Å². The van der Waals surface area contributed by atoms with Crippen LogP contribution in [0.15, 0.2) is 48.5 Å². The van der Waals surface area contributed by atoms with Crippen LogP contribution in [0.1, 0.15) is 39.6 Å². The van der Waals surface area contributed by atoms with Crippen LogP contribution in [0.2, 0.25) is 0 Å². The second kappa shape index (κ2) is 5.98. The Morgan fingerprint density at radius 3 is 1.92 bits per heavy atom. The van der Waals surface area contributed by atoms with E-state index in [4.69, 9.17) is 0 Å². The van der Waals surface area contributed by atoms with Crippen LogP contribution in [-0.4, -0.2) is 28.5 Å². The highest BCUT2D eigenvalue weighted by Crippen LogP contribution is 2.42. The minimum Gasteiger partial charge on any atom is -0.481 e. The van der Waals surface area contributed by atoms with E-state index in [1.807, 2.05) is 0 Å². The maximum absolute atomic E-state index is 13.0. The molecule has 0 bridgehead atoms. The van der Waals surface area contributed by atoms with E-state index in [-0.39, 0.29) is 17.0 Å². The molecule has 25 heavy (non-hydrogen) atoms. The summed E-state index contributed by atoms with van der Waals surface area (Å²) in [5.41, 5.74) is -0.503. The lowest BCUT2D eigenvalue weighted by molar-refractivity contribution is -0.137. The molecule has 0 fully saturated rings. The van der Waals surface area contributed by atoms with Crippen molar-refractivity contribution in [1.29, 1.82) is 0 Å². The van der Waals surface area contributed by atoms with Gasteiger partial charge in [0.15, 0.2) is 11.6 Å². The maximum Gasteiger partial charge on any atom is 0.305 e. The number of carboxylic acids is 1. The van der Waals surface area contributed by atoms with Crippen molar-refractivity contribution >= 4 is 29.1 Å². The Morgan fingerprint density at radius 1 is 0.960 bits per heavy atom. The minimum atomic E-state index is -1.77. The molecule has 0 unspecified atom stereocenters. The normalized spacial score (nSPS) is 14.9. The molecule has 0 radical (unpaired) electrons. The van der Waals surface area contributed by atoms with Crippen molar-refractivity contribution in [3.63, 3.8) is 0 Å². The van der Waals surface area contributed by atoms with E-state index >= 15 is 0 Å². The van der Waals surface area contributed by atoms with Crippen molar-refractivity contribution in [2.45, 2.75) is 18.8 Å². The van der Waals surface area contributed by atoms with Gasteiger partial charge in [-0.15, -0.1) is 0 Å². The summed E-state index contributed by atoms with van der Waals surface area (Å²) in [5, 5.41) is 11.9. The highest BCUT2D eigenvalue weighted by Gasteiger charge is 2.55. The SMILES string of the molecule is CC(=O)Nc1ccc(C2(CC(=O)O)C(=O)c3ccccc3C2=O)cc1. The van der Waals surface area contributed by atoms with Crippen molar-refractivity contribution in [3.8, 4) is 0 Å². The van der Waals surface area contributed by atoms with Gasteiger partial charge in [-0.3, -0.25) is 19.2 Å². The molecule has 1 amide bonds. The summed E-state index contributed by atoms with van der Waals surface area (Å²) in [6.45, 7) is 1.36. The molecule has 0 atom stereocenters. The van der Waals surface area contributed by atoms with Crippen LogP contribution in [0.25, 0.3) is 0 Å². The zero-order valence-corrected chi connectivity index (χ0v) is 13.4. The fourth-order valence-electron chi connectivity index (χ4n) is 3.24. The van der Waals surface area contributed by atoms with Gasteiger partial charge in [0.2, 0.25) is 5.91 Å². The molecule has 0 saturated carbocycles. The van der Waals surface area contributed by atoms with Crippen LogP contribution in [0, 0.1) is 0 Å². The van der Waals surface area contributed by atoms with Gasteiger partial charge in [-0.05, 0) is 17.7 Å². The highest BCUT2D eigenvalue weighted by atomic mass is 16.4. The van der Waals surface area contributed by atoms with E-state index in [0.717, 1.165) is 0 Å². The Morgan fingerprint density at radius 2 is 1.48 bits per heavy atom. The average molecular weight is 337 g/mol. The summed E-state index contributed by atoms with van der Waals surface area (Å²) >= 11 is 0.